The molecule has 0 amide bonds. The second-order valence-corrected chi connectivity index (χ2v) is 5.67. The molecule has 0 radical (unpaired) electrons. The third-order valence-corrected chi connectivity index (χ3v) is 4.55. The monoisotopic (exact) mass is 249 g/mol. The summed E-state index contributed by atoms with van der Waals surface area (Å²) in [5, 5.41) is 8.18. The number of aromatic nitrogens is 2. The van der Waals surface area contributed by atoms with Crippen molar-refractivity contribution in [2.24, 2.45) is 13.0 Å². The van der Waals surface area contributed by atoms with E-state index >= 15 is 0 Å². The van der Waals surface area contributed by atoms with Gasteiger partial charge in [0, 0.05) is 18.8 Å². The van der Waals surface area contributed by atoms with Gasteiger partial charge in [-0.05, 0) is 57.6 Å². The van der Waals surface area contributed by atoms with Gasteiger partial charge >= 0.3 is 0 Å². The van der Waals surface area contributed by atoms with Gasteiger partial charge in [-0.3, -0.25) is 4.68 Å². The van der Waals surface area contributed by atoms with Crippen molar-refractivity contribution < 1.29 is 0 Å². The van der Waals surface area contributed by atoms with Crippen LogP contribution in [0.5, 0.6) is 0 Å². The van der Waals surface area contributed by atoms with Crippen LogP contribution in [0.25, 0.3) is 0 Å². The first-order valence-corrected chi connectivity index (χ1v) is 7.36. The molecule has 1 aliphatic carbocycles. The van der Waals surface area contributed by atoms with Crippen LogP contribution in [0, 0.1) is 19.8 Å². The largest absolute Gasteiger partial charge is 0.314 e. The summed E-state index contributed by atoms with van der Waals surface area (Å²) in [5.74, 6) is 0.919. The van der Waals surface area contributed by atoms with Gasteiger partial charge in [-0.1, -0.05) is 13.3 Å². The Labute approximate surface area is 111 Å². The molecule has 18 heavy (non-hydrogen) atoms. The summed E-state index contributed by atoms with van der Waals surface area (Å²) in [6.45, 7) is 7.62. The molecule has 1 atom stereocenters. The second kappa shape index (κ2) is 5.87. The molecule has 3 heteroatoms. The Morgan fingerprint density at radius 2 is 2.11 bits per heavy atom. The van der Waals surface area contributed by atoms with Crippen molar-refractivity contribution in [1.29, 1.82) is 0 Å². The summed E-state index contributed by atoms with van der Waals surface area (Å²) >= 11 is 0. The summed E-state index contributed by atoms with van der Waals surface area (Å²) in [6.07, 6.45) is 6.69. The molecule has 3 nitrogen and oxygen atoms in total. The molecule has 1 heterocycles. The van der Waals surface area contributed by atoms with Gasteiger partial charge in [-0.25, -0.2) is 0 Å². The molecule has 102 valence electrons. The normalized spacial score (nSPS) is 17.8. The Hall–Kier alpha value is -0.830. The quantitative estimate of drug-likeness (QED) is 0.840. The van der Waals surface area contributed by atoms with Gasteiger partial charge < -0.3 is 5.32 Å². The fraction of sp³-hybridized carbons (Fsp3) is 0.800. The molecule has 0 bridgehead atoms. The highest BCUT2D eigenvalue weighted by atomic mass is 15.3. The van der Waals surface area contributed by atoms with E-state index < -0.39 is 0 Å². The smallest absolute Gasteiger partial charge is 0.0628 e. The van der Waals surface area contributed by atoms with E-state index in [1.807, 2.05) is 11.7 Å². The van der Waals surface area contributed by atoms with Crippen molar-refractivity contribution in [2.45, 2.75) is 58.9 Å². The predicted molar refractivity (Wildman–Crippen MR) is 75.8 cm³/mol. The van der Waals surface area contributed by atoms with Crippen LogP contribution in [-0.2, 0) is 13.5 Å². The van der Waals surface area contributed by atoms with Gasteiger partial charge in [0.1, 0.15) is 0 Å². The lowest BCUT2D eigenvalue weighted by Gasteiger charge is -2.34. The minimum absolute atomic E-state index is 0.711. The van der Waals surface area contributed by atoms with E-state index in [4.69, 9.17) is 0 Å². The summed E-state index contributed by atoms with van der Waals surface area (Å²) in [6, 6.07) is 0.711. The average Bonchev–Trinajstić information content (AvgIpc) is 2.49. The van der Waals surface area contributed by atoms with E-state index in [1.54, 1.807) is 0 Å². The molecule has 1 N–H and O–H groups in total. The Morgan fingerprint density at radius 1 is 1.39 bits per heavy atom. The molecule has 1 unspecified atom stereocenters. The zero-order chi connectivity index (χ0) is 13.1. The fourth-order valence-electron chi connectivity index (χ4n) is 3.09. The van der Waals surface area contributed by atoms with Gasteiger partial charge in [0.2, 0.25) is 0 Å². The number of nitrogens with zero attached hydrogens (tertiary/aromatic N) is 2. The standard InChI is InChI=1S/C15H27N3/c1-5-16-15(13-7-6-8-13)10-9-14-11(2)17-18(4)12(14)3/h13,15-16H,5-10H2,1-4H3. The molecule has 0 aliphatic heterocycles. The molecule has 1 aromatic rings. The third kappa shape index (κ3) is 2.77. The highest BCUT2D eigenvalue weighted by Gasteiger charge is 2.26. The number of hydrogen-bond donors (Lipinski definition) is 1. The summed E-state index contributed by atoms with van der Waals surface area (Å²) in [7, 11) is 2.04. The van der Waals surface area contributed by atoms with Crippen LogP contribution in [-0.4, -0.2) is 22.4 Å². The van der Waals surface area contributed by atoms with Crippen LogP contribution in [0.4, 0.5) is 0 Å². The van der Waals surface area contributed by atoms with Crippen molar-refractivity contribution in [3.05, 3.63) is 17.0 Å². The van der Waals surface area contributed by atoms with Crippen LogP contribution >= 0.6 is 0 Å². The lowest BCUT2D eigenvalue weighted by Crippen LogP contribution is -2.39. The van der Waals surface area contributed by atoms with E-state index in [0.717, 1.165) is 12.5 Å². The van der Waals surface area contributed by atoms with Crippen LogP contribution in [0.15, 0.2) is 0 Å². The number of rotatable bonds is 6. The van der Waals surface area contributed by atoms with Crippen molar-refractivity contribution in [3.63, 3.8) is 0 Å². The first-order valence-electron chi connectivity index (χ1n) is 7.36. The lowest BCUT2D eigenvalue weighted by atomic mass is 9.77. The minimum Gasteiger partial charge on any atom is -0.314 e. The van der Waals surface area contributed by atoms with E-state index in [9.17, 15) is 0 Å². The summed E-state index contributed by atoms with van der Waals surface area (Å²) in [4.78, 5) is 0. The Bertz CT molecular complexity index is 391. The van der Waals surface area contributed by atoms with E-state index in [-0.39, 0.29) is 0 Å². The van der Waals surface area contributed by atoms with E-state index in [2.05, 4.69) is 31.2 Å². The molecule has 1 aromatic heterocycles. The van der Waals surface area contributed by atoms with Gasteiger partial charge in [0.25, 0.3) is 0 Å². The SMILES string of the molecule is CCNC(CCc1c(C)nn(C)c1C)C1CCC1. The predicted octanol–water partition coefficient (Wildman–Crippen LogP) is 2.75. The maximum absolute atomic E-state index is 4.51. The van der Waals surface area contributed by atoms with Gasteiger partial charge in [0.15, 0.2) is 0 Å². The fourth-order valence-corrected chi connectivity index (χ4v) is 3.09. The Morgan fingerprint density at radius 3 is 2.56 bits per heavy atom. The van der Waals surface area contributed by atoms with Crippen LogP contribution < -0.4 is 5.32 Å². The molecular weight excluding hydrogens is 222 g/mol. The first-order chi connectivity index (χ1) is 8.63. The maximum atomic E-state index is 4.51. The Kier molecular flexibility index (Phi) is 4.44. The van der Waals surface area contributed by atoms with E-state index in [0.29, 0.717) is 6.04 Å². The molecule has 2 rings (SSSR count). The average molecular weight is 249 g/mol. The molecule has 1 saturated carbocycles. The molecule has 0 saturated heterocycles. The third-order valence-electron chi connectivity index (χ3n) is 4.55. The summed E-state index contributed by atoms with van der Waals surface area (Å²) in [5.41, 5.74) is 4.00. The van der Waals surface area contributed by atoms with Crippen molar-refractivity contribution in [2.75, 3.05) is 6.54 Å². The van der Waals surface area contributed by atoms with Crippen LogP contribution in [0.3, 0.4) is 0 Å². The number of aryl methyl sites for hydroxylation is 2. The highest BCUT2D eigenvalue weighted by molar-refractivity contribution is 5.24. The summed E-state index contributed by atoms with van der Waals surface area (Å²) < 4.78 is 2.01. The zero-order valence-electron chi connectivity index (χ0n) is 12.3. The van der Waals surface area contributed by atoms with Crippen molar-refractivity contribution in [3.8, 4) is 0 Å². The van der Waals surface area contributed by atoms with Crippen LogP contribution in [0.1, 0.15) is 49.6 Å². The minimum atomic E-state index is 0.711. The van der Waals surface area contributed by atoms with Gasteiger partial charge in [0.05, 0.1) is 5.69 Å². The molecular formula is C15H27N3. The zero-order valence-corrected chi connectivity index (χ0v) is 12.3. The maximum Gasteiger partial charge on any atom is 0.0628 e. The number of nitrogens with one attached hydrogen (secondary N) is 1. The molecule has 1 fully saturated rings. The topological polar surface area (TPSA) is 29.9 Å². The molecule has 1 aliphatic rings. The molecule has 0 spiro atoms. The van der Waals surface area contributed by atoms with Gasteiger partial charge in [-0.2, -0.15) is 5.10 Å². The van der Waals surface area contributed by atoms with Crippen molar-refractivity contribution >= 4 is 0 Å². The Balaban J connectivity index is 1.95. The first kappa shape index (κ1) is 13.6. The van der Waals surface area contributed by atoms with Crippen molar-refractivity contribution in [1.82, 2.24) is 15.1 Å². The lowest BCUT2D eigenvalue weighted by molar-refractivity contribution is 0.222. The second-order valence-electron chi connectivity index (χ2n) is 5.67. The number of hydrogen-bond acceptors (Lipinski definition) is 2. The molecule has 0 aromatic carbocycles. The highest BCUT2D eigenvalue weighted by Crippen LogP contribution is 2.31. The van der Waals surface area contributed by atoms with Gasteiger partial charge in [-0.15, -0.1) is 0 Å². The van der Waals surface area contributed by atoms with Crippen LogP contribution in [0.2, 0.25) is 0 Å². The van der Waals surface area contributed by atoms with E-state index in [1.165, 1.54) is 49.1 Å².